The van der Waals surface area contributed by atoms with Crippen molar-refractivity contribution in [2.45, 2.75) is 31.4 Å². The molecule has 1 atom stereocenters. The lowest BCUT2D eigenvalue weighted by molar-refractivity contribution is -0.122. The highest BCUT2D eigenvalue weighted by molar-refractivity contribution is 5.78. The van der Waals surface area contributed by atoms with Gasteiger partial charge >= 0.3 is 0 Å². The molecule has 1 aromatic rings. The first-order chi connectivity index (χ1) is 10.2. The molecule has 0 spiro atoms. The summed E-state index contributed by atoms with van der Waals surface area (Å²) in [6.45, 7) is 2.87. The van der Waals surface area contributed by atoms with E-state index < -0.39 is 0 Å². The Morgan fingerprint density at radius 2 is 2.10 bits per heavy atom. The van der Waals surface area contributed by atoms with Gasteiger partial charge in [-0.1, -0.05) is 18.2 Å². The first-order valence-corrected chi connectivity index (χ1v) is 7.70. The number of rotatable bonds is 4. The summed E-state index contributed by atoms with van der Waals surface area (Å²) < 4.78 is 5.82. The van der Waals surface area contributed by atoms with Gasteiger partial charge in [-0.2, -0.15) is 0 Å². The van der Waals surface area contributed by atoms with E-state index in [9.17, 15) is 4.79 Å². The molecule has 1 saturated heterocycles. The van der Waals surface area contributed by atoms with E-state index >= 15 is 0 Å². The van der Waals surface area contributed by atoms with E-state index in [1.807, 2.05) is 18.2 Å². The number of fused-ring (bicyclic) bond motifs is 1. The van der Waals surface area contributed by atoms with E-state index in [1.54, 1.807) is 0 Å². The average Bonchev–Trinajstić information content (AvgIpc) is 2.90. The summed E-state index contributed by atoms with van der Waals surface area (Å²) in [4.78, 5) is 14.2. The number of carbonyl (C=O) groups is 1. The van der Waals surface area contributed by atoms with Crippen LogP contribution in [0.2, 0.25) is 0 Å². The lowest BCUT2D eigenvalue weighted by Gasteiger charge is -2.29. The van der Waals surface area contributed by atoms with Crippen LogP contribution in [0.1, 0.15) is 18.4 Å². The number of para-hydroxylation sites is 1. The first-order valence-electron chi connectivity index (χ1n) is 7.70. The third-order valence-corrected chi connectivity index (χ3v) is 4.24. The largest absolute Gasteiger partial charge is 0.488 e. The van der Waals surface area contributed by atoms with Gasteiger partial charge in [-0.05, 0) is 24.5 Å². The number of ether oxygens (including phenoxy) is 1. The monoisotopic (exact) mass is 289 g/mol. The van der Waals surface area contributed by atoms with Gasteiger partial charge in [-0.15, -0.1) is 0 Å². The van der Waals surface area contributed by atoms with Gasteiger partial charge in [0.15, 0.2) is 0 Å². The van der Waals surface area contributed by atoms with Crippen molar-refractivity contribution in [3.8, 4) is 5.75 Å². The van der Waals surface area contributed by atoms with Gasteiger partial charge in [0.05, 0.1) is 13.1 Å². The second-order valence-electron chi connectivity index (χ2n) is 5.97. The van der Waals surface area contributed by atoms with E-state index in [1.165, 1.54) is 5.56 Å². The number of hydrogen-bond acceptors (Lipinski definition) is 4. The molecule has 5 heteroatoms. The molecule has 2 aliphatic heterocycles. The maximum atomic E-state index is 12.0. The zero-order chi connectivity index (χ0) is 14.7. The van der Waals surface area contributed by atoms with Crippen LogP contribution >= 0.6 is 0 Å². The highest BCUT2D eigenvalue weighted by atomic mass is 16.5. The molecule has 0 aliphatic carbocycles. The summed E-state index contributed by atoms with van der Waals surface area (Å²) in [6.07, 6.45) is 2.89. The minimum Gasteiger partial charge on any atom is -0.488 e. The van der Waals surface area contributed by atoms with Gasteiger partial charge in [-0.25, -0.2) is 0 Å². The topological polar surface area (TPSA) is 67.6 Å². The van der Waals surface area contributed by atoms with Crippen LogP contribution in [0.15, 0.2) is 24.3 Å². The number of piperidine rings is 1. The fraction of sp³-hybridized carbons (Fsp3) is 0.562. The summed E-state index contributed by atoms with van der Waals surface area (Å²) in [6, 6.07) is 8.35. The Balaban J connectivity index is 1.39. The van der Waals surface area contributed by atoms with E-state index in [4.69, 9.17) is 10.5 Å². The Bertz CT molecular complexity index is 473. The number of likely N-dealkylation sites (tertiary alicyclic amines) is 1. The second-order valence-corrected chi connectivity index (χ2v) is 5.97. The predicted molar refractivity (Wildman–Crippen MR) is 81.2 cm³/mol. The minimum atomic E-state index is 0.0566. The zero-order valence-corrected chi connectivity index (χ0v) is 12.3. The van der Waals surface area contributed by atoms with Crippen LogP contribution in [0.25, 0.3) is 0 Å². The number of carbonyl (C=O) groups excluding carboxylic acids is 1. The van der Waals surface area contributed by atoms with E-state index in [2.05, 4.69) is 16.3 Å². The first kappa shape index (κ1) is 14.4. The Kier molecular flexibility index (Phi) is 4.41. The summed E-state index contributed by atoms with van der Waals surface area (Å²) in [7, 11) is 0. The smallest absolute Gasteiger partial charge is 0.234 e. The SMILES string of the molecule is NC1CCN(CC(=O)NCC2Cc3ccccc3O2)CC1. The molecule has 5 nitrogen and oxygen atoms in total. The molecular formula is C16H23N3O2. The summed E-state index contributed by atoms with van der Waals surface area (Å²) >= 11 is 0. The lowest BCUT2D eigenvalue weighted by Crippen LogP contribution is -2.46. The van der Waals surface area contributed by atoms with Gasteiger partial charge in [-0.3, -0.25) is 9.69 Å². The maximum absolute atomic E-state index is 12.0. The van der Waals surface area contributed by atoms with Gasteiger partial charge in [0.1, 0.15) is 11.9 Å². The van der Waals surface area contributed by atoms with E-state index in [0.717, 1.165) is 38.1 Å². The molecule has 114 valence electrons. The minimum absolute atomic E-state index is 0.0566. The highest BCUT2D eigenvalue weighted by Gasteiger charge is 2.23. The summed E-state index contributed by atoms with van der Waals surface area (Å²) in [5, 5.41) is 2.98. The van der Waals surface area contributed by atoms with Crippen LogP contribution in [-0.4, -0.2) is 49.1 Å². The molecule has 0 aromatic heterocycles. The van der Waals surface area contributed by atoms with Crippen molar-refractivity contribution in [3.63, 3.8) is 0 Å². The molecular weight excluding hydrogens is 266 g/mol. The number of nitrogens with two attached hydrogens (primary N) is 1. The second kappa shape index (κ2) is 6.45. The van der Waals surface area contributed by atoms with Crippen molar-refractivity contribution in [2.24, 2.45) is 5.73 Å². The Morgan fingerprint density at radius 1 is 1.33 bits per heavy atom. The summed E-state index contributed by atoms with van der Waals surface area (Å²) in [5.41, 5.74) is 7.09. The molecule has 1 fully saturated rings. The van der Waals surface area contributed by atoms with Crippen LogP contribution in [0.3, 0.4) is 0 Å². The number of amides is 1. The van der Waals surface area contributed by atoms with Gasteiger partial charge in [0.2, 0.25) is 5.91 Å². The van der Waals surface area contributed by atoms with Crippen LogP contribution in [0.5, 0.6) is 5.75 Å². The van der Waals surface area contributed by atoms with E-state index in [-0.39, 0.29) is 12.0 Å². The molecule has 0 radical (unpaired) electrons. The van der Waals surface area contributed by atoms with Crippen molar-refractivity contribution in [1.29, 1.82) is 0 Å². The van der Waals surface area contributed by atoms with Gasteiger partial charge < -0.3 is 15.8 Å². The standard InChI is InChI=1S/C16H23N3O2/c17-13-5-7-19(8-6-13)11-16(20)18-10-14-9-12-3-1-2-4-15(12)21-14/h1-4,13-14H,5-11,17H2,(H,18,20). The predicted octanol–water partition coefficient (Wildman–Crippen LogP) is 0.529. The Morgan fingerprint density at radius 3 is 2.86 bits per heavy atom. The third-order valence-electron chi connectivity index (χ3n) is 4.24. The quantitative estimate of drug-likeness (QED) is 0.848. The number of nitrogens with one attached hydrogen (secondary N) is 1. The third kappa shape index (κ3) is 3.74. The van der Waals surface area contributed by atoms with Crippen LogP contribution in [0, 0.1) is 0 Å². The number of nitrogens with zero attached hydrogens (tertiary/aromatic N) is 1. The summed E-state index contributed by atoms with van der Waals surface area (Å²) in [5.74, 6) is 1.02. The number of hydrogen-bond donors (Lipinski definition) is 2. The lowest BCUT2D eigenvalue weighted by atomic mass is 10.1. The Hall–Kier alpha value is -1.59. The molecule has 3 rings (SSSR count). The molecule has 21 heavy (non-hydrogen) atoms. The van der Waals surface area contributed by atoms with E-state index in [0.29, 0.717) is 19.1 Å². The molecule has 0 bridgehead atoms. The Labute approximate surface area is 125 Å². The maximum Gasteiger partial charge on any atom is 0.234 e. The molecule has 3 N–H and O–H groups in total. The fourth-order valence-corrected chi connectivity index (χ4v) is 2.97. The van der Waals surface area contributed by atoms with Gasteiger partial charge in [0.25, 0.3) is 0 Å². The zero-order valence-electron chi connectivity index (χ0n) is 12.3. The number of benzene rings is 1. The molecule has 0 saturated carbocycles. The van der Waals surface area contributed by atoms with Crippen LogP contribution in [-0.2, 0) is 11.2 Å². The average molecular weight is 289 g/mol. The molecule has 2 heterocycles. The molecule has 1 unspecified atom stereocenters. The fourth-order valence-electron chi connectivity index (χ4n) is 2.97. The van der Waals surface area contributed by atoms with Crippen molar-refractivity contribution >= 4 is 5.91 Å². The van der Waals surface area contributed by atoms with Crippen molar-refractivity contribution in [1.82, 2.24) is 10.2 Å². The molecule has 1 aromatic carbocycles. The van der Waals surface area contributed by atoms with Crippen molar-refractivity contribution in [2.75, 3.05) is 26.2 Å². The molecule has 1 amide bonds. The van der Waals surface area contributed by atoms with Crippen LogP contribution < -0.4 is 15.8 Å². The molecule has 2 aliphatic rings. The van der Waals surface area contributed by atoms with Crippen molar-refractivity contribution < 1.29 is 9.53 Å². The van der Waals surface area contributed by atoms with Crippen molar-refractivity contribution in [3.05, 3.63) is 29.8 Å². The van der Waals surface area contributed by atoms with Crippen LogP contribution in [0.4, 0.5) is 0 Å². The highest BCUT2D eigenvalue weighted by Crippen LogP contribution is 2.27. The normalized spacial score (nSPS) is 22.6. The van der Waals surface area contributed by atoms with Gasteiger partial charge in [0, 0.05) is 25.6 Å².